The van der Waals surface area contributed by atoms with Crippen LogP contribution in [0.15, 0.2) is 0 Å². The van der Waals surface area contributed by atoms with Crippen LogP contribution in [0.5, 0.6) is 0 Å². The van der Waals surface area contributed by atoms with Gasteiger partial charge in [0.1, 0.15) is 5.78 Å². The smallest absolute Gasteiger partial charge is 0.370 e. The Balaban J connectivity index is 4.65. The number of thiol groups is 1. The second kappa shape index (κ2) is 10.6. The van der Waals surface area contributed by atoms with E-state index in [-0.39, 0.29) is 24.1 Å². The predicted octanol–water partition coefficient (Wildman–Crippen LogP) is 2.61. The number of rotatable bonds is 9. The maximum Gasteiger partial charge on any atom is 0.370 e. The summed E-state index contributed by atoms with van der Waals surface area (Å²) in [4.78, 5) is 46.3. The molecule has 0 aromatic heterocycles. The molecule has 0 amide bonds. The third kappa shape index (κ3) is 10.5. The molecule has 0 aromatic rings. The Hall–Kier alpha value is -1.22. The van der Waals surface area contributed by atoms with Crippen LogP contribution in [0.25, 0.3) is 0 Å². The van der Waals surface area contributed by atoms with E-state index >= 15 is 0 Å². The SMILES string of the molecule is CC(=O)OCOC(=O)SC[C@H](CC(=O)C(C)(C)S)C(=O)OC(C)C. The van der Waals surface area contributed by atoms with Crippen molar-refractivity contribution in [1.82, 2.24) is 0 Å². The molecular weight excluding hydrogens is 356 g/mol. The minimum Gasteiger partial charge on any atom is -0.463 e. The topological polar surface area (TPSA) is 96.0 Å². The van der Waals surface area contributed by atoms with Crippen molar-refractivity contribution in [3.63, 3.8) is 0 Å². The lowest BCUT2D eigenvalue weighted by atomic mass is 9.97. The Labute approximate surface area is 151 Å². The Bertz CT molecular complexity index is 469. The number of hydrogen-bond donors (Lipinski definition) is 1. The number of carbonyl (C=O) groups excluding carboxylic acids is 4. The van der Waals surface area contributed by atoms with Gasteiger partial charge in [0.25, 0.3) is 0 Å². The minimum atomic E-state index is -0.892. The first-order valence-electron chi connectivity index (χ1n) is 7.32. The monoisotopic (exact) mass is 380 g/mol. The highest BCUT2D eigenvalue weighted by molar-refractivity contribution is 8.13. The van der Waals surface area contributed by atoms with Gasteiger partial charge in [0.05, 0.1) is 16.8 Å². The summed E-state index contributed by atoms with van der Waals surface area (Å²) in [6.45, 7) is 7.34. The van der Waals surface area contributed by atoms with Crippen molar-refractivity contribution in [2.24, 2.45) is 5.92 Å². The summed E-state index contributed by atoms with van der Waals surface area (Å²) in [6.07, 6.45) is -0.424. The standard InChI is InChI=1S/C15H24O7S2/c1-9(2)22-13(18)11(6-12(17)15(4,5)23)7-24-14(19)21-8-20-10(3)16/h9,11,23H,6-8H2,1-5H3/t11-/m0/s1. The van der Waals surface area contributed by atoms with Gasteiger partial charge < -0.3 is 14.2 Å². The molecule has 9 heteroatoms. The first kappa shape index (κ1) is 22.8. The molecule has 0 aromatic carbocycles. The van der Waals surface area contributed by atoms with Gasteiger partial charge in [-0.15, -0.1) is 0 Å². The lowest BCUT2D eigenvalue weighted by molar-refractivity contribution is -0.153. The number of hydrogen-bond acceptors (Lipinski definition) is 9. The average molecular weight is 380 g/mol. The number of esters is 2. The zero-order valence-corrected chi connectivity index (χ0v) is 16.2. The maximum atomic E-state index is 12.1. The highest BCUT2D eigenvalue weighted by Crippen LogP contribution is 2.23. The largest absolute Gasteiger partial charge is 0.463 e. The number of thioether (sulfide) groups is 1. The van der Waals surface area contributed by atoms with E-state index in [0.717, 1.165) is 0 Å². The van der Waals surface area contributed by atoms with Crippen molar-refractivity contribution >= 4 is 47.4 Å². The Morgan fingerprint density at radius 3 is 2.17 bits per heavy atom. The zero-order valence-electron chi connectivity index (χ0n) is 14.5. The van der Waals surface area contributed by atoms with Crippen molar-refractivity contribution in [2.75, 3.05) is 12.5 Å². The summed E-state index contributed by atoms with van der Waals surface area (Å²) in [5.41, 5.74) is 0. The molecule has 0 spiro atoms. The number of ketones is 1. The van der Waals surface area contributed by atoms with Crippen molar-refractivity contribution in [3.05, 3.63) is 0 Å². The van der Waals surface area contributed by atoms with E-state index in [4.69, 9.17) is 4.74 Å². The van der Waals surface area contributed by atoms with E-state index < -0.39 is 34.7 Å². The lowest BCUT2D eigenvalue weighted by Crippen LogP contribution is -2.32. The van der Waals surface area contributed by atoms with Crippen LogP contribution in [0.3, 0.4) is 0 Å². The molecule has 0 aliphatic heterocycles. The molecule has 0 saturated heterocycles. The molecule has 0 rings (SSSR count). The third-order valence-corrected chi connectivity index (χ3v) is 3.81. The second-order valence-electron chi connectivity index (χ2n) is 5.83. The quantitative estimate of drug-likeness (QED) is 0.370. The first-order chi connectivity index (χ1) is 10.9. The fourth-order valence-corrected chi connectivity index (χ4v) is 2.20. The van der Waals surface area contributed by atoms with Crippen molar-refractivity contribution in [1.29, 1.82) is 0 Å². The summed E-state index contributed by atoms with van der Waals surface area (Å²) in [6, 6.07) is 0. The van der Waals surface area contributed by atoms with Gasteiger partial charge in [-0.25, -0.2) is 4.79 Å². The molecule has 0 aliphatic rings. The predicted molar refractivity (Wildman–Crippen MR) is 93.0 cm³/mol. The van der Waals surface area contributed by atoms with Gasteiger partial charge in [-0.2, -0.15) is 12.6 Å². The molecule has 0 aliphatic carbocycles. The van der Waals surface area contributed by atoms with Crippen LogP contribution in [-0.2, 0) is 28.6 Å². The molecule has 0 unspecified atom stereocenters. The Morgan fingerprint density at radius 2 is 1.71 bits per heavy atom. The first-order valence-corrected chi connectivity index (χ1v) is 8.75. The van der Waals surface area contributed by atoms with E-state index in [1.165, 1.54) is 6.92 Å². The molecule has 0 heterocycles. The molecule has 7 nitrogen and oxygen atoms in total. The normalized spacial score (nSPS) is 12.5. The second-order valence-corrected chi connectivity index (χ2v) is 7.90. The molecular formula is C15H24O7S2. The van der Waals surface area contributed by atoms with Crippen LogP contribution in [0.2, 0.25) is 0 Å². The van der Waals surface area contributed by atoms with E-state index in [1.807, 2.05) is 0 Å². The van der Waals surface area contributed by atoms with Gasteiger partial charge in [-0.05, 0) is 39.5 Å². The molecule has 0 N–H and O–H groups in total. The van der Waals surface area contributed by atoms with Crippen LogP contribution in [-0.4, -0.2) is 46.4 Å². The van der Waals surface area contributed by atoms with Gasteiger partial charge in [0.2, 0.25) is 6.79 Å². The Morgan fingerprint density at radius 1 is 1.12 bits per heavy atom. The summed E-state index contributed by atoms with van der Waals surface area (Å²) in [7, 11) is 0. The molecule has 1 atom stereocenters. The number of Topliss-reactive ketones (excluding diaryl/α,β-unsaturated/α-hetero) is 1. The summed E-state index contributed by atoms with van der Waals surface area (Å²) in [5.74, 6) is -2.15. The third-order valence-electron chi connectivity index (χ3n) is 2.64. The minimum absolute atomic E-state index is 0.0139. The van der Waals surface area contributed by atoms with Gasteiger partial charge in [0.15, 0.2) is 0 Å². The molecule has 0 radical (unpaired) electrons. The van der Waals surface area contributed by atoms with Crippen LogP contribution < -0.4 is 0 Å². The summed E-state index contributed by atoms with van der Waals surface area (Å²) in [5, 5.41) is -0.712. The summed E-state index contributed by atoms with van der Waals surface area (Å²) < 4.78 is 13.4. The van der Waals surface area contributed by atoms with E-state index in [9.17, 15) is 19.2 Å². The summed E-state index contributed by atoms with van der Waals surface area (Å²) >= 11 is 4.90. The van der Waals surface area contributed by atoms with Gasteiger partial charge in [-0.1, -0.05) is 0 Å². The van der Waals surface area contributed by atoms with Crippen LogP contribution >= 0.6 is 24.4 Å². The lowest BCUT2D eigenvalue weighted by Gasteiger charge is -2.21. The van der Waals surface area contributed by atoms with Crippen LogP contribution in [0.4, 0.5) is 4.79 Å². The highest BCUT2D eigenvalue weighted by Gasteiger charge is 2.31. The van der Waals surface area contributed by atoms with Gasteiger partial charge >= 0.3 is 17.2 Å². The molecule has 24 heavy (non-hydrogen) atoms. The van der Waals surface area contributed by atoms with Crippen molar-refractivity contribution in [3.8, 4) is 0 Å². The van der Waals surface area contributed by atoms with Crippen molar-refractivity contribution in [2.45, 2.75) is 51.9 Å². The average Bonchev–Trinajstić information content (AvgIpc) is 2.40. The van der Waals surface area contributed by atoms with Crippen LogP contribution in [0.1, 0.15) is 41.0 Å². The molecule has 0 fully saturated rings. The fraction of sp³-hybridized carbons (Fsp3) is 0.733. The van der Waals surface area contributed by atoms with Gasteiger partial charge in [0, 0.05) is 19.1 Å². The molecule has 138 valence electrons. The van der Waals surface area contributed by atoms with Gasteiger partial charge in [-0.3, -0.25) is 14.4 Å². The highest BCUT2D eigenvalue weighted by atomic mass is 32.2. The van der Waals surface area contributed by atoms with E-state index in [2.05, 4.69) is 22.1 Å². The van der Waals surface area contributed by atoms with Crippen molar-refractivity contribution < 1.29 is 33.4 Å². The zero-order chi connectivity index (χ0) is 18.9. The van der Waals surface area contributed by atoms with Crippen LogP contribution in [0, 0.1) is 5.92 Å². The van der Waals surface area contributed by atoms with E-state index in [0.29, 0.717) is 11.8 Å². The maximum absolute atomic E-state index is 12.1. The molecule has 0 bridgehead atoms. The molecule has 0 saturated carbocycles. The fourth-order valence-electron chi connectivity index (χ4n) is 1.38. The number of carbonyl (C=O) groups is 4. The van der Waals surface area contributed by atoms with E-state index in [1.54, 1.807) is 27.7 Å². The number of ether oxygens (including phenoxy) is 3. The Kier molecular flexibility index (Phi) is 10.1.